The number of likely N-dealkylation sites (tertiary alicyclic amines) is 1. The second-order valence-electron chi connectivity index (χ2n) is 5.44. The molecule has 1 amide bonds. The zero-order chi connectivity index (χ0) is 16.2. The summed E-state index contributed by atoms with van der Waals surface area (Å²) in [5.74, 6) is 0. The Kier molecular flexibility index (Phi) is 5.28. The second-order valence-corrected chi connectivity index (χ2v) is 5.44. The first-order valence-electron chi connectivity index (χ1n) is 7.15. The predicted octanol–water partition coefficient (Wildman–Crippen LogP) is 2.94. The number of alkyl halides is 3. The Bertz CT molecular complexity index is 493. The largest absolute Gasteiger partial charge is 0.445 e. The van der Waals surface area contributed by atoms with Gasteiger partial charge in [-0.15, -0.1) is 0 Å². The lowest BCUT2D eigenvalue weighted by Gasteiger charge is -2.19. The highest BCUT2D eigenvalue weighted by atomic mass is 19.4. The van der Waals surface area contributed by atoms with Crippen LogP contribution in [0.15, 0.2) is 30.3 Å². The molecule has 0 saturated carbocycles. The molecule has 0 aliphatic carbocycles. The molecule has 1 N–H and O–H groups in total. The summed E-state index contributed by atoms with van der Waals surface area (Å²) in [6, 6.07) is 7.93. The lowest BCUT2D eigenvalue weighted by Crippen LogP contribution is -2.44. The Morgan fingerprint density at radius 1 is 1.41 bits per heavy atom. The number of halogens is 3. The van der Waals surface area contributed by atoms with E-state index in [2.05, 4.69) is 4.90 Å². The van der Waals surface area contributed by atoms with Gasteiger partial charge >= 0.3 is 12.3 Å². The summed E-state index contributed by atoms with van der Waals surface area (Å²) in [4.78, 5) is 13.6. The molecule has 4 nitrogen and oxygen atoms in total. The molecule has 0 spiro atoms. The second kappa shape index (κ2) is 7.00. The standard InChI is InChI=1S/C15H19F3N2O2/c1-11(15(16,17)18)19-14(21)22-13-7-8-20(10-13)9-12-5-3-2-4-6-12/h2-6,11,13H,7-10H2,1H3,(H,19,21)/t11-,13?/m0/s1. The molecule has 1 aliphatic rings. The number of amides is 1. The van der Waals surface area contributed by atoms with Gasteiger partial charge in [-0.1, -0.05) is 30.3 Å². The Balaban J connectivity index is 1.75. The van der Waals surface area contributed by atoms with Gasteiger partial charge in [-0.3, -0.25) is 4.90 Å². The number of hydrogen-bond acceptors (Lipinski definition) is 3. The maximum Gasteiger partial charge on any atom is 0.408 e. The van der Waals surface area contributed by atoms with Gasteiger partial charge in [-0.2, -0.15) is 13.2 Å². The fourth-order valence-electron chi connectivity index (χ4n) is 2.32. The van der Waals surface area contributed by atoms with Crippen molar-refractivity contribution in [3.63, 3.8) is 0 Å². The first-order valence-corrected chi connectivity index (χ1v) is 7.15. The molecule has 1 unspecified atom stereocenters. The number of rotatable bonds is 4. The number of carbonyl (C=O) groups excluding carboxylic acids is 1. The molecule has 2 rings (SSSR count). The first kappa shape index (κ1) is 16.6. The number of alkyl carbamates (subject to hydrolysis) is 1. The van der Waals surface area contributed by atoms with E-state index in [0.717, 1.165) is 25.6 Å². The molecule has 1 aromatic carbocycles. The van der Waals surface area contributed by atoms with Crippen LogP contribution in [-0.4, -0.2) is 42.4 Å². The van der Waals surface area contributed by atoms with Crippen LogP contribution < -0.4 is 5.32 Å². The molecular formula is C15H19F3N2O2. The van der Waals surface area contributed by atoms with Crippen LogP contribution in [0, 0.1) is 0 Å². The maximum atomic E-state index is 12.3. The number of benzene rings is 1. The van der Waals surface area contributed by atoms with Gasteiger partial charge in [0.1, 0.15) is 12.1 Å². The predicted molar refractivity (Wildman–Crippen MR) is 75.3 cm³/mol. The molecule has 1 heterocycles. The molecule has 122 valence electrons. The fraction of sp³-hybridized carbons (Fsp3) is 0.533. The van der Waals surface area contributed by atoms with E-state index in [9.17, 15) is 18.0 Å². The van der Waals surface area contributed by atoms with Gasteiger partial charge in [-0.25, -0.2) is 4.79 Å². The zero-order valence-electron chi connectivity index (χ0n) is 12.3. The number of nitrogens with zero attached hydrogens (tertiary/aromatic N) is 1. The van der Waals surface area contributed by atoms with E-state index in [-0.39, 0.29) is 6.10 Å². The fourth-order valence-corrected chi connectivity index (χ4v) is 2.32. The zero-order valence-corrected chi connectivity index (χ0v) is 12.3. The third-order valence-electron chi connectivity index (χ3n) is 3.58. The van der Waals surface area contributed by atoms with Crippen LogP contribution in [-0.2, 0) is 11.3 Å². The van der Waals surface area contributed by atoms with Crippen LogP contribution in [0.1, 0.15) is 18.9 Å². The van der Waals surface area contributed by atoms with Crippen LogP contribution in [0.2, 0.25) is 0 Å². The van der Waals surface area contributed by atoms with Gasteiger partial charge in [0.25, 0.3) is 0 Å². The van der Waals surface area contributed by atoms with Gasteiger partial charge < -0.3 is 10.1 Å². The molecule has 0 aromatic heterocycles. The quantitative estimate of drug-likeness (QED) is 0.928. The normalized spacial score (nSPS) is 20.6. The SMILES string of the molecule is C[C@H](NC(=O)OC1CCN(Cc2ccccc2)C1)C(F)(F)F. The van der Waals surface area contributed by atoms with E-state index in [4.69, 9.17) is 4.74 Å². The van der Waals surface area contributed by atoms with E-state index in [1.807, 2.05) is 30.3 Å². The Morgan fingerprint density at radius 3 is 2.73 bits per heavy atom. The minimum Gasteiger partial charge on any atom is -0.445 e. The number of carbonyl (C=O) groups is 1. The van der Waals surface area contributed by atoms with E-state index in [0.29, 0.717) is 13.0 Å². The van der Waals surface area contributed by atoms with Crippen molar-refractivity contribution in [2.75, 3.05) is 13.1 Å². The first-order chi connectivity index (χ1) is 10.3. The summed E-state index contributed by atoms with van der Waals surface area (Å²) in [5, 5.41) is 1.81. The van der Waals surface area contributed by atoms with Crippen molar-refractivity contribution in [2.45, 2.75) is 38.2 Å². The van der Waals surface area contributed by atoms with Gasteiger partial charge in [-0.05, 0) is 18.9 Å². The molecule has 1 aliphatic heterocycles. The Morgan fingerprint density at radius 2 is 2.09 bits per heavy atom. The summed E-state index contributed by atoms with van der Waals surface area (Å²) in [6.07, 6.45) is -5.23. The summed E-state index contributed by atoms with van der Waals surface area (Å²) in [6.45, 7) is 2.91. The third kappa shape index (κ3) is 4.91. The van der Waals surface area contributed by atoms with E-state index < -0.39 is 18.3 Å². The van der Waals surface area contributed by atoms with Gasteiger partial charge in [0.05, 0.1) is 0 Å². The lowest BCUT2D eigenvalue weighted by atomic mass is 10.2. The van der Waals surface area contributed by atoms with Crippen molar-refractivity contribution in [1.82, 2.24) is 10.2 Å². The van der Waals surface area contributed by atoms with Gasteiger partial charge in [0.2, 0.25) is 0 Å². The number of ether oxygens (including phenoxy) is 1. The molecule has 0 bridgehead atoms. The Hall–Kier alpha value is -1.76. The van der Waals surface area contributed by atoms with Crippen molar-refractivity contribution < 1.29 is 22.7 Å². The smallest absolute Gasteiger partial charge is 0.408 e. The van der Waals surface area contributed by atoms with E-state index >= 15 is 0 Å². The third-order valence-corrected chi connectivity index (χ3v) is 3.58. The van der Waals surface area contributed by atoms with Crippen molar-refractivity contribution in [3.8, 4) is 0 Å². The molecule has 1 fully saturated rings. The van der Waals surface area contributed by atoms with Crippen molar-refractivity contribution in [2.24, 2.45) is 0 Å². The van der Waals surface area contributed by atoms with E-state index in [1.165, 1.54) is 0 Å². The molecule has 1 aromatic rings. The van der Waals surface area contributed by atoms with Crippen LogP contribution in [0.3, 0.4) is 0 Å². The number of nitrogens with one attached hydrogen (secondary N) is 1. The van der Waals surface area contributed by atoms with Crippen molar-refractivity contribution in [3.05, 3.63) is 35.9 Å². The molecule has 2 atom stereocenters. The molecule has 1 saturated heterocycles. The van der Waals surface area contributed by atoms with Crippen molar-refractivity contribution >= 4 is 6.09 Å². The Labute approximate surface area is 127 Å². The van der Waals surface area contributed by atoms with Gasteiger partial charge in [0.15, 0.2) is 0 Å². The molecular weight excluding hydrogens is 297 g/mol. The van der Waals surface area contributed by atoms with Crippen LogP contribution in [0.4, 0.5) is 18.0 Å². The lowest BCUT2D eigenvalue weighted by molar-refractivity contribution is -0.150. The average molecular weight is 316 g/mol. The van der Waals surface area contributed by atoms with Crippen LogP contribution in [0.25, 0.3) is 0 Å². The summed E-state index contributed by atoms with van der Waals surface area (Å²) in [7, 11) is 0. The van der Waals surface area contributed by atoms with Crippen LogP contribution >= 0.6 is 0 Å². The van der Waals surface area contributed by atoms with Gasteiger partial charge in [0, 0.05) is 19.6 Å². The molecule has 0 radical (unpaired) electrons. The monoisotopic (exact) mass is 316 g/mol. The number of hydrogen-bond donors (Lipinski definition) is 1. The highest BCUT2D eigenvalue weighted by Crippen LogP contribution is 2.20. The summed E-state index contributed by atoms with van der Waals surface area (Å²) in [5.41, 5.74) is 1.15. The highest BCUT2D eigenvalue weighted by Gasteiger charge is 2.38. The minimum absolute atomic E-state index is 0.371. The summed E-state index contributed by atoms with van der Waals surface area (Å²) >= 11 is 0. The van der Waals surface area contributed by atoms with E-state index in [1.54, 1.807) is 5.32 Å². The minimum atomic E-state index is -4.46. The van der Waals surface area contributed by atoms with Crippen molar-refractivity contribution in [1.29, 1.82) is 0 Å². The maximum absolute atomic E-state index is 12.3. The average Bonchev–Trinajstić information content (AvgIpc) is 2.85. The molecule has 22 heavy (non-hydrogen) atoms. The highest BCUT2D eigenvalue weighted by molar-refractivity contribution is 5.67. The molecule has 7 heteroatoms. The topological polar surface area (TPSA) is 41.6 Å². The summed E-state index contributed by atoms with van der Waals surface area (Å²) < 4.78 is 42.1. The van der Waals surface area contributed by atoms with Crippen LogP contribution in [0.5, 0.6) is 0 Å².